The molecule has 3 nitrogen and oxygen atoms in total. The predicted octanol–water partition coefficient (Wildman–Crippen LogP) is 4.49. The molecule has 0 saturated heterocycles. The smallest absolute Gasteiger partial charge is 0.200 e. The number of hydrogen-bond donors (Lipinski definition) is 0. The molecule has 0 unspecified atom stereocenters. The van der Waals surface area contributed by atoms with Gasteiger partial charge in [-0.05, 0) is 40.2 Å². The Morgan fingerprint density at radius 3 is 2.52 bits per heavy atom. The van der Waals surface area contributed by atoms with E-state index in [9.17, 15) is 9.18 Å². The van der Waals surface area contributed by atoms with Crippen molar-refractivity contribution in [2.45, 2.75) is 0 Å². The zero-order valence-corrected chi connectivity index (χ0v) is 13.6. The fourth-order valence-electron chi connectivity index (χ4n) is 1.86. The molecule has 110 valence electrons. The van der Waals surface area contributed by atoms with Crippen molar-refractivity contribution in [3.63, 3.8) is 0 Å². The summed E-state index contributed by atoms with van der Waals surface area (Å²) in [6.07, 6.45) is 0. The first-order valence-corrected chi connectivity index (χ1v) is 7.06. The second-order valence-corrected chi connectivity index (χ2v) is 5.43. The molecule has 0 spiro atoms. The van der Waals surface area contributed by atoms with Crippen LogP contribution in [0.3, 0.4) is 0 Å². The first-order chi connectivity index (χ1) is 9.97. The molecule has 0 aliphatic carbocycles. The van der Waals surface area contributed by atoms with E-state index in [1.54, 1.807) is 12.1 Å². The van der Waals surface area contributed by atoms with Gasteiger partial charge in [0.15, 0.2) is 0 Å². The van der Waals surface area contributed by atoms with Crippen LogP contribution in [0.1, 0.15) is 15.9 Å². The molecule has 2 rings (SSSR count). The topological polar surface area (TPSA) is 35.5 Å². The fourth-order valence-corrected chi connectivity index (χ4v) is 2.64. The lowest BCUT2D eigenvalue weighted by molar-refractivity contribution is 0.103. The summed E-state index contributed by atoms with van der Waals surface area (Å²) in [5.41, 5.74) is 0.0890. The summed E-state index contributed by atoms with van der Waals surface area (Å²) in [4.78, 5) is 12.6. The maximum atomic E-state index is 13.9. The van der Waals surface area contributed by atoms with Gasteiger partial charge < -0.3 is 9.47 Å². The summed E-state index contributed by atoms with van der Waals surface area (Å²) in [6, 6.07) is 6.99. The van der Waals surface area contributed by atoms with Crippen molar-refractivity contribution in [1.82, 2.24) is 0 Å². The van der Waals surface area contributed by atoms with Gasteiger partial charge in [0.25, 0.3) is 0 Å². The first kappa shape index (κ1) is 15.8. The van der Waals surface area contributed by atoms with E-state index in [1.165, 1.54) is 26.4 Å². The minimum absolute atomic E-state index is 0.119. The van der Waals surface area contributed by atoms with Gasteiger partial charge >= 0.3 is 0 Å². The predicted molar refractivity (Wildman–Crippen MR) is 82.1 cm³/mol. The third-order valence-corrected chi connectivity index (χ3v) is 3.74. The summed E-state index contributed by atoms with van der Waals surface area (Å²) in [6.45, 7) is 0. The number of hydrogen-bond acceptors (Lipinski definition) is 3. The first-order valence-electron chi connectivity index (χ1n) is 5.89. The number of carbonyl (C=O) groups is 1. The number of halogens is 3. The lowest BCUT2D eigenvalue weighted by atomic mass is 10.0. The third kappa shape index (κ3) is 3.19. The van der Waals surface area contributed by atoms with Crippen LogP contribution in [-0.2, 0) is 0 Å². The Labute approximate surface area is 134 Å². The molecule has 0 fully saturated rings. The number of rotatable bonds is 4. The molecule has 0 radical (unpaired) electrons. The van der Waals surface area contributed by atoms with Gasteiger partial charge in [-0.2, -0.15) is 0 Å². The lowest BCUT2D eigenvalue weighted by Crippen LogP contribution is -2.08. The molecule has 2 aromatic carbocycles. The molecule has 0 amide bonds. The Bertz CT molecular complexity index is 704. The maximum Gasteiger partial charge on any atom is 0.200 e. The number of ether oxygens (including phenoxy) is 2. The Morgan fingerprint density at radius 1 is 1.19 bits per heavy atom. The quantitative estimate of drug-likeness (QED) is 0.741. The molecule has 21 heavy (non-hydrogen) atoms. The molecule has 0 saturated carbocycles. The number of benzene rings is 2. The second kappa shape index (κ2) is 6.45. The molecular weight excluding hydrogens is 363 g/mol. The zero-order chi connectivity index (χ0) is 15.6. The highest BCUT2D eigenvalue weighted by Crippen LogP contribution is 2.34. The molecule has 0 atom stereocenters. The van der Waals surface area contributed by atoms with E-state index < -0.39 is 11.6 Å². The molecular formula is C15H11BrClFO3. The van der Waals surface area contributed by atoms with Crippen LogP contribution >= 0.6 is 27.5 Å². The fraction of sp³-hybridized carbons (Fsp3) is 0.133. The minimum atomic E-state index is -0.644. The minimum Gasteiger partial charge on any atom is -0.497 e. The largest absolute Gasteiger partial charge is 0.497 e. The van der Waals surface area contributed by atoms with Crippen LogP contribution in [0, 0.1) is 5.82 Å². The molecule has 0 aliphatic heterocycles. The van der Waals surface area contributed by atoms with E-state index in [-0.39, 0.29) is 21.9 Å². The number of carbonyl (C=O) groups excluding carboxylic acids is 1. The Hall–Kier alpha value is -1.59. The van der Waals surface area contributed by atoms with Gasteiger partial charge in [-0.1, -0.05) is 11.6 Å². The second-order valence-electron chi connectivity index (χ2n) is 4.14. The summed E-state index contributed by atoms with van der Waals surface area (Å²) >= 11 is 9.11. The van der Waals surface area contributed by atoms with E-state index in [0.717, 1.165) is 6.07 Å². The normalized spacial score (nSPS) is 10.3. The molecule has 6 heteroatoms. The monoisotopic (exact) mass is 372 g/mol. The van der Waals surface area contributed by atoms with Gasteiger partial charge in [0.2, 0.25) is 5.78 Å². The van der Waals surface area contributed by atoms with Crippen LogP contribution in [0.5, 0.6) is 11.5 Å². The highest BCUT2D eigenvalue weighted by molar-refractivity contribution is 9.10. The molecule has 0 aliphatic rings. The van der Waals surface area contributed by atoms with Crippen LogP contribution in [0.25, 0.3) is 0 Å². The molecule has 0 heterocycles. The van der Waals surface area contributed by atoms with E-state index in [1.807, 2.05) is 0 Å². The van der Waals surface area contributed by atoms with Crippen molar-refractivity contribution in [3.05, 3.63) is 56.8 Å². The zero-order valence-electron chi connectivity index (χ0n) is 11.2. The van der Waals surface area contributed by atoms with Gasteiger partial charge in [-0.15, -0.1) is 0 Å². The van der Waals surface area contributed by atoms with Crippen molar-refractivity contribution in [2.75, 3.05) is 14.2 Å². The van der Waals surface area contributed by atoms with Crippen LogP contribution < -0.4 is 9.47 Å². The third-order valence-electron chi connectivity index (χ3n) is 2.88. The lowest BCUT2D eigenvalue weighted by Gasteiger charge is -2.12. The van der Waals surface area contributed by atoms with Crippen molar-refractivity contribution < 1.29 is 18.7 Å². The van der Waals surface area contributed by atoms with Gasteiger partial charge in [-0.25, -0.2) is 4.39 Å². The van der Waals surface area contributed by atoms with E-state index in [4.69, 9.17) is 21.1 Å². The summed E-state index contributed by atoms with van der Waals surface area (Å²) in [5.74, 6) is -0.372. The van der Waals surface area contributed by atoms with Crippen LogP contribution in [0.2, 0.25) is 5.02 Å². The van der Waals surface area contributed by atoms with Gasteiger partial charge in [0.05, 0.1) is 25.3 Å². The van der Waals surface area contributed by atoms with Crippen LogP contribution in [0.15, 0.2) is 34.8 Å². The highest BCUT2D eigenvalue weighted by atomic mass is 79.9. The van der Waals surface area contributed by atoms with E-state index in [0.29, 0.717) is 10.2 Å². The molecule has 2 aromatic rings. The maximum absolute atomic E-state index is 13.9. The molecule has 0 aromatic heterocycles. The summed E-state index contributed by atoms with van der Waals surface area (Å²) in [5, 5.41) is 0.281. The van der Waals surface area contributed by atoms with E-state index >= 15 is 0 Å². The number of ketones is 1. The average Bonchev–Trinajstić information content (AvgIpc) is 2.48. The van der Waals surface area contributed by atoms with Crippen molar-refractivity contribution in [2.24, 2.45) is 0 Å². The highest BCUT2D eigenvalue weighted by Gasteiger charge is 2.22. The Balaban J connectivity index is 2.60. The van der Waals surface area contributed by atoms with Crippen molar-refractivity contribution in [1.29, 1.82) is 0 Å². The molecule has 0 N–H and O–H groups in total. The summed E-state index contributed by atoms with van der Waals surface area (Å²) in [7, 11) is 2.92. The van der Waals surface area contributed by atoms with Crippen LogP contribution in [-0.4, -0.2) is 20.0 Å². The standard InChI is InChI=1S/C15H11BrClFO3/c1-20-9-6-11(16)14(13(7-9)21-2)15(19)10-5-8(17)3-4-12(10)18/h3-7H,1-2H3. The Morgan fingerprint density at radius 2 is 1.90 bits per heavy atom. The van der Waals surface area contributed by atoms with Gasteiger partial charge in [0, 0.05) is 15.6 Å². The molecule has 0 bridgehead atoms. The van der Waals surface area contributed by atoms with Crippen molar-refractivity contribution >= 4 is 33.3 Å². The van der Waals surface area contributed by atoms with Gasteiger partial charge in [0.1, 0.15) is 17.3 Å². The Kier molecular flexibility index (Phi) is 4.85. The van der Waals surface area contributed by atoms with Crippen LogP contribution in [0.4, 0.5) is 4.39 Å². The van der Waals surface area contributed by atoms with Crippen molar-refractivity contribution in [3.8, 4) is 11.5 Å². The summed E-state index contributed by atoms with van der Waals surface area (Å²) < 4.78 is 24.6. The van der Waals surface area contributed by atoms with Gasteiger partial charge in [-0.3, -0.25) is 4.79 Å². The average molecular weight is 374 g/mol. The number of methoxy groups -OCH3 is 2. The van der Waals surface area contributed by atoms with E-state index in [2.05, 4.69) is 15.9 Å². The SMILES string of the molecule is COc1cc(Br)c(C(=O)c2cc(Cl)ccc2F)c(OC)c1.